The lowest BCUT2D eigenvalue weighted by atomic mass is 10.0. The van der Waals surface area contributed by atoms with E-state index < -0.39 is 6.17 Å². The van der Waals surface area contributed by atoms with Gasteiger partial charge in [-0.15, -0.1) is 11.3 Å². The normalized spacial score (nSPS) is 23.3. The lowest BCUT2D eigenvalue weighted by Gasteiger charge is -2.20. The predicted octanol–water partition coefficient (Wildman–Crippen LogP) is 3.38. The Kier molecular flexibility index (Phi) is 3.97. The van der Waals surface area contributed by atoms with Gasteiger partial charge in [0.05, 0.1) is 16.7 Å². The monoisotopic (exact) mass is 345 g/mol. The van der Waals surface area contributed by atoms with Gasteiger partial charge in [0.25, 0.3) is 6.17 Å². The SMILES string of the molecule is O=[N+]([O-])C1CCCN1c1ccc(-c2nc3c(s2)C(O)CCC3)cc1. The van der Waals surface area contributed by atoms with Crippen molar-refractivity contribution < 1.29 is 10.0 Å². The average molecular weight is 345 g/mol. The summed E-state index contributed by atoms with van der Waals surface area (Å²) >= 11 is 1.56. The third kappa shape index (κ3) is 2.67. The first-order valence-corrected chi connectivity index (χ1v) is 9.13. The summed E-state index contributed by atoms with van der Waals surface area (Å²) < 4.78 is 0. The van der Waals surface area contributed by atoms with E-state index in [4.69, 9.17) is 0 Å². The van der Waals surface area contributed by atoms with Crippen LogP contribution in [0.1, 0.15) is 42.4 Å². The number of thiazole rings is 1. The Bertz CT molecular complexity index is 759. The molecule has 24 heavy (non-hydrogen) atoms. The summed E-state index contributed by atoms with van der Waals surface area (Å²) in [6.07, 6.45) is 3.18. The molecule has 126 valence electrons. The summed E-state index contributed by atoms with van der Waals surface area (Å²) in [5.41, 5.74) is 2.91. The van der Waals surface area contributed by atoms with Crippen LogP contribution in [0.5, 0.6) is 0 Å². The van der Waals surface area contributed by atoms with Crippen LogP contribution in [0.2, 0.25) is 0 Å². The Morgan fingerprint density at radius 3 is 2.75 bits per heavy atom. The lowest BCUT2D eigenvalue weighted by molar-refractivity contribution is -0.519. The van der Waals surface area contributed by atoms with Crippen molar-refractivity contribution >= 4 is 17.0 Å². The van der Waals surface area contributed by atoms with Gasteiger partial charge >= 0.3 is 0 Å². The molecule has 4 rings (SSSR count). The van der Waals surface area contributed by atoms with Gasteiger partial charge in [-0.25, -0.2) is 4.98 Å². The average Bonchev–Trinajstić information content (AvgIpc) is 3.23. The third-order valence-electron chi connectivity index (χ3n) is 4.83. The molecule has 2 atom stereocenters. The van der Waals surface area contributed by atoms with Crippen molar-refractivity contribution in [1.29, 1.82) is 0 Å². The van der Waals surface area contributed by atoms with Gasteiger partial charge in [-0.3, -0.25) is 10.1 Å². The van der Waals surface area contributed by atoms with Crippen LogP contribution in [0.15, 0.2) is 24.3 Å². The third-order valence-corrected chi connectivity index (χ3v) is 6.08. The van der Waals surface area contributed by atoms with Crippen molar-refractivity contribution in [3.8, 4) is 10.6 Å². The fourth-order valence-electron chi connectivity index (χ4n) is 3.59. The van der Waals surface area contributed by atoms with E-state index in [1.54, 1.807) is 11.3 Å². The van der Waals surface area contributed by atoms with Gasteiger partial charge in [-0.1, -0.05) is 0 Å². The Morgan fingerprint density at radius 2 is 2.04 bits per heavy atom. The van der Waals surface area contributed by atoms with Crippen molar-refractivity contribution in [3.63, 3.8) is 0 Å². The van der Waals surface area contributed by atoms with Gasteiger partial charge in [0.1, 0.15) is 5.01 Å². The molecule has 6 nitrogen and oxygen atoms in total. The molecule has 2 aromatic rings. The molecule has 1 aliphatic carbocycles. The van der Waals surface area contributed by atoms with Crippen LogP contribution >= 0.6 is 11.3 Å². The van der Waals surface area contributed by atoms with Gasteiger partial charge in [0.15, 0.2) is 0 Å². The molecule has 1 saturated heterocycles. The van der Waals surface area contributed by atoms with E-state index in [0.717, 1.165) is 59.1 Å². The smallest absolute Gasteiger partial charge is 0.287 e. The van der Waals surface area contributed by atoms with Crippen molar-refractivity contribution in [1.82, 2.24) is 4.98 Å². The van der Waals surface area contributed by atoms with Crippen LogP contribution in [0.3, 0.4) is 0 Å². The number of aliphatic hydroxyl groups excluding tert-OH is 1. The van der Waals surface area contributed by atoms with Gasteiger partial charge in [0.2, 0.25) is 0 Å². The minimum absolute atomic E-state index is 0.197. The van der Waals surface area contributed by atoms with E-state index >= 15 is 0 Å². The Morgan fingerprint density at radius 1 is 1.25 bits per heavy atom. The van der Waals surface area contributed by atoms with E-state index in [0.29, 0.717) is 6.42 Å². The van der Waals surface area contributed by atoms with Crippen molar-refractivity contribution in [3.05, 3.63) is 45.0 Å². The number of fused-ring (bicyclic) bond motifs is 1. The molecule has 1 N–H and O–H groups in total. The van der Waals surface area contributed by atoms with Crippen molar-refractivity contribution in [2.45, 2.75) is 44.4 Å². The predicted molar refractivity (Wildman–Crippen MR) is 92.8 cm³/mol. The van der Waals surface area contributed by atoms with E-state index in [9.17, 15) is 15.2 Å². The van der Waals surface area contributed by atoms with Crippen LogP contribution in [0, 0.1) is 10.1 Å². The molecule has 1 fully saturated rings. The largest absolute Gasteiger partial charge is 0.388 e. The zero-order valence-corrected chi connectivity index (χ0v) is 14.0. The summed E-state index contributed by atoms with van der Waals surface area (Å²) in [4.78, 5) is 18.5. The van der Waals surface area contributed by atoms with Gasteiger partial charge in [-0.2, -0.15) is 0 Å². The fraction of sp³-hybridized carbons (Fsp3) is 0.471. The molecule has 7 heteroatoms. The number of nitro groups is 1. The highest BCUT2D eigenvalue weighted by atomic mass is 32.1. The molecule has 2 aliphatic rings. The molecule has 1 aromatic heterocycles. The number of aromatic nitrogens is 1. The summed E-state index contributed by atoms with van der Waals surface area (Å²) in [7, 11) is 0. The number of hydrogen-bond acceptors (Lipinski definition) is 6. The van der Waals surface area contributed by atoms with Crippen LogP contribution in [-0.2, 0) is 6.42 Å². The van der Waals surface area contributed by atoms with Crippen LogP contribution in [0.25, 0.3) is 10.6 Å². The highest BCUT2D eigenvalue weighted by molar-refractivity contribution is 7.15. The van der Waals surface area contributed by atoms with Gasteiger partial charge in [0, 0.05) is 29.1 Å². The molecule has 1 aromatic carbocycles. The second kappa shape index (κ2) is 6.14. The molecule has 1 aliphatic heterocycles. The summed E-state index contributed by atoms with van der Waals surface area (Å²) in [5, 5.41) is 22.2. The molecule has 0 bridgehead atoms. The highest BCUT2D eigenvalue weighted by Gasteiger charge is 2.33. The van der Waals surface area contributed by atoms with Crippen LogP contribution in [0.4, 0.5) is 5.69 Å². The first-order valence-electron chi connectivity index (χ1n) is 8.32. The molecule has 0 amide bonds. The fourth-order valence-corrected chi connectivity index (χ4v) is 4.72. The number of aryl methyl sites for hydroxylation is 1. The van der Waals surface area contributed by atoms with E-state index in [2.05, 4.69) is 4.98 Å². The Balaban J connectivity index is 1.59. The highest BCUT2D eigenvalue weighted by Crippen LogP contribution is 2.38. The first-order chi connectivity index (χ1) is 11.6. The molecular weight excluding hydrogens is 326 g/mol. The zero-order valence-electron chi connectivity index (χ0n) is 13.2. The standard InChI is InChI=1S/C17H19N3O3S/c21-14-4-1-3-13-16(14)24-17(18-13)11-6-8-12(9-7-11)19-10-2-5-15(19)20(22)23/h6-9,14-15,21H,1-5,10H2. The maximum Gasteiger partial charge on any atom is 0.287 e. The quantitative estimate of drug-likeness (QED) is 0.681. The van der Waals surface area contributed by atoms with Crippen LogP contribution in [-0.4, -0.2) is 27.7 Å². The number of rotatable bonds is 3. The van der Waals surface area contributed by atoms with E-state index in [1.807, 2.05) is 29.2 Å². The molecule has 2 heterocycles. The minimum atomic E-state index is -0.613. The Hall–Kier alpha value is -1.99. The molecule has 0 saturated carbocycles. The number of aliphatic hydroxyl groups is 1. The molecule has 0 radical (unpaired) electrons. The minimum Gasteiger partial charge on any atom is -0.388 e. The zero-order chi connectivity index (χ0) is 16.7. The molecule has 2 unspecified atom stereocenters. The topological polar surface area (TPSA) is 79.5 Å². The maximum absolute atomic E-state index is 11.1. The lowest BCUT2D eigenvalue weighted by Crippen LogP contribution is -2.35. The summed E-state index contributed by atoms with van der Waals surface area (Å²) in [6.45, 7) is 0.725. The second-order valence-electron chi connectivity index (χ2n) is 6.39. The van der Waals surface area contributed by atoms with E-state index in [1.165, 1.54) is 0 Å². The van der Waals surface area contributed by atoms with E-state index in [-0.39, 0.29) is 11.0 Å². The number of benzene rings is 1. The number of nitrogens with zero attached hydrogens (tertiary/aromatic N) is 3. The summed E-state index contributed by atoms with van der Waals surface area (Å²) in [6, 6.07) is 7.82. The van der Waals surface area contributed by atoms with Gasteiger partial charge < -0.3 is 10.0 Å². The second-order valence-corrected chi connectivity index (χ2v) is 7.42. The first kappa shape index (κ1) is 15.5. The molecule has 0 spiro atoms. The summed E-state index contributed by atoms with van der Waals surface area (Å²) in [5.74, 6) is 0. The van der Waals surface area contributed by atoms with Crippen LogP contribution < -0.4 is 4.90 Å². The number of hydrogen-bond donors (Lipinski definition) is 1. The van der Waals surface area contributed by atoms with Gasteiger partial charge in [-0.05, 0) is 49.9 Å². The maximum atomic E-state index is 11.1. The van der Waals surface area contributed by atoms with Crippen molar-refractivity contribution in [2.75, 3.05) is 11.4 Å². The molecular formula is C17H19N3O3S. The van der Waals surface area contributed by atoms with Crippen molar-refractivity contribution in [2.24, 2.45) is 0 Å². The Labute approximate surface area is 143 Å². The number of anilines is 1.